The van der Waals surface area contributed by atoms with Gasteiger partial charge in [-0.1, -0.05) is 30.5 Å². The number of benzene rings is 1. The van der Waals surface area contributed by atoms with E-state index in [9.17, 15) is 5.11 Å². The Bertz CT molecular complexity index is 606. The van der Waals surface area contributed by atoms with Crippen LogP contribution in [0.15, 0.2) is 22.7 Å². The summed E-state index contributed by atoms with van der Waals surface area (Å²) in [5.41, 5.74) is 1.57. The van der Waals surface area contributed by atoms with Gasteiger partial charge in [-0.15, -0.1) is 0 Å². The molecule has 1 N–H and O–H groups in total. The molecule has 1 aliphatic rings. The summed E-state index contributed by atoms with van der Waals surface area (Å²) in [5.74, 6) is 2.28. The highest BCUT2D eigenvalue weighted by atomic mass is 32.2. The van der Waals surface area contributed by atoms with Gasteiger partial charge in [0, 0.05) is 16.4 Å². The molecule has 0 unspecified atom stereocenters. The third-order valence-corrected chi connectivity index (χ3v) is 5.37. The molecule has 4 nitrogen and oxygen atoms in total. The smallest absolute Gasteiger partial charge is 0.258 e. The largest absolute Gasteiger partial charge is 0.508 e. The second-order valence-electron chi connectivity index (χ2n) is 5.54. The Morgan fingerprint density at radius 1 is 1.29 bits per heavy atom. The number of nitrogens with zero attached hydrogens (tertiary/aromatic N) is 2. The van der Waals surface area contributed by atoms with E-state index >= 15 is 0 Å². The number of thioether (sulfide) groups is 1. The summed E-state index contributed by atoms with van der Waals surface area (Å²) in [6.07, 6.45) is 6.68. The van der Waals surface area contributed by atoms with Crippen molar-refractivity contribution in [2.75, 3.05) is 0 Å². The Labute approximate surface area is 129 Å². The zero-order valence-corrected chi connectivity index (χ0v) is 13.0. The highest BCUT2D eigenvalue weighted by molar-refractivity contribution is 7.99. The fourth-order valence-electron chi connectivity index (χ4n) is 2.70. The van der Waals surface area contributed by atoms with Crippen LogP contribution in [0, 0.1) is 6.92 Å². The lowest BCUT2D eigenvalue weighted by atomic mass is 10.0. The van der Waals surface area contributed by atoms with Crippen molar-refractivity contribution >= 4 is 11.8 Å². The van der Waals surface area contributed by atoms with Crippen molar-refractivity contribution < 1.29 is 9.63 Å². The lowest BCUT2D eigenvalue weighted by Crippen LogP contribution is -2.08. The Hall–Kier alpha value is -1.49. The van der Waals surface area contributed by atoms with Crippen LogP contribution in [0.3, 0.4) is 0 Å². The lowest BCUT2D eigenvalue weighted by Gasteiger charge is -2.19. The molecule has 3 rings (SSSR count). The third-order valence-electron chi connectivity index (χ3n) is 4.00. The van der Waals surface area contributed by atoms with Crippen molar-refractivity contribution in [3.05, 3.63) is 29.6 Å². The van der Waals surface area contributed by atoms with E-state index in [0.717, 1.165) is 28.0 Å². The molecule has 2 aromatic rings. The number of rotatable bonds is 4. The van der Waals surface area contributed by atoms with Crippen molar-refractivity contribution in [1.82, 2.24) is 10.1 Å². The monoisotopic (exact) mass is 304 g/mol. The molecule has 0 atom stereocenters. The van der Waals surface area contributed by atoms with Crippen LogP contribution in [-0.4, -0.2) is 20.5 Å². The van der Waals surface area contributed by atoms with E-state index in [1.54, 1.807) is 12.1 Å². The minimum atomic E-state index is 0.254. The number of aromatic hydroxyl groups is 1. The number of phenolic OH excluding ortho intramolecular Hbond substituents is 1. The molecule has 1 aromatic carbocycles. The minimum Gasteiger partial charge on any atom is -0.508 e. The van der Waals surface area contributed by atoms with Crippen molar-refractivity contribution in [2.24, 2.45) is 0 Å². The van der Waals surface area contributed by atoms with Gasteiger partial charge in [0.1, 0.15) is 5.75 Å². The van der Waals surface area contributed by atoms with E-state index in [0.29, 0.717) is 5.89 Å². The van der Waals surface area contributed by atoms with Gasteiger partial charge in [0.25, 0.3) is 5.89 Å². The maximum Gasteiger partial charge on any atom is 0.258 e. The predicted octanol–water partition coefficient (Wildman–Crippen LogP) is 4.32. The molecule has 1 heterocycles. The van der Waals surface area contributed by atoms with Crippen LogP contribution in [0.4, 0.5) is 0 Å². The second kappa shape index (κ2) is 6.52. The predicted molar refractivity (Wildman–Crippen MR) is 84.3 cm³/mol. The molecule has 112 valence electrons. The molecule has 0 bridgehead atoms. The first-order chi connectivity index (χ1) is 10.2. The molecular formula is C16H20N2O2S. The fourth-order valence-corrected chi connectivity index (χ4v) is 3.87. The first-order valence-corrected chi connectivity index (χ1v) is 8.52. The molecule has 0 spiro atoms. The van der Waals surface area contributed by atoms with Crippen LogP contribution in [0.1, 0.15) is 43.5 Å². The van der Waals surface area contributed by atoms with Gasteiger partial charge in [0.05, 0.1) is 5.75 Å². The van der Waals surface area contributed by atoms with E-state index in [-0.39, 0.29) is 5.75 Å². The molecular weight excluding hydrogens is 284 g/mol. The van der Waals surface area contributed by atoms with Crippen LogP contribution in [0.25, 0.3) is 11.5 Å². The van der Waals surface area contributed by atoms with Crippen molar-refractivity contribution in [3.63, 3.8) is 0 Å². The summed E-state index contributed by atoms with van der Waals surface area (Å²) in [6.45, 7) is 1.85. The van der Waals surface area contributed by atoms with Gasteiger partial charge in [-0.05, 0) is 31.9 Å². The third kappa shape index (κ3) is 3.40. The molecule has 5 heteroatoms. The first kappa shape index (κ1) is 14.4. The van der Waals surface area contributed by atoms with Crippen LogP contribution in [0.2, 0.25) is 0 Å². The minimum absolute atomic E-state index is 0.254. The SMILES string of the molecule is Cc1c(O)cccc1-c1nc(CSC2CCCCC2)no1. The van der Waals surface area contributed by atoms with Crippen LogP contribution < -0.4 is 0 Å². The van der Waals surface area contributed by atoms with E-state index in [1.807, 2.05) is 24.8 Å². The normalized spacial score (nSPS) is 16.2. The molecule has 1 fully saturated rings. The number of hydrogen-bond donors (Lipinski definition) is 1. The molecule has 0 radical (unpaired) electrons. The standard InChI is InChI=1S/C16H20N2O2S/c1-11-13(8-5-9-14(11)19)16-17-15(18-20-16)10-21-12-6-3-2-4-7-12/h5,8-9,12,19H,2-4,6-7,10H2,1H3. The average Bonchev–Trinajstić information content (AvgIpc) is 2.98. The molecule has 1 aromatic heterocycles. The maximum absolute atomic E-state index is 9.75. The van der Waals surface area contributed by atoms with Gasteiger partial charge >= 0.3 is 0 Å². The maximum atomic E-state index is 9.75. The molecule has 21 heavy (non-hydrogen) atoms. The highest BCUT2D eigenvalue weighted by Crippen LogP contribution is 2.31. The summed E-state index contributed by atoms with van der Waals surface area (Å²) >= 11 is 1.93. The Morgan fingerprint density at radius 3 is 2.90 bits per heavy atom. The first-order valence-electron chi connectivity index (χ1n) is 7.47. The topological polar surface area (TPSA) is 59.2 Å². The lowest BCUT2D eigenvalue weighted by molar-refractivity contribution is 0.424. The highest BCUT2D eigenvalue weighted by Gasteiger charge is 2.17. The van der Waals surface area contributed by atoms with Gasteiger partial charge < -0.3 is 9.63 Å². The zero-order chi connectivity index (χ0) is 14.7. The summed E-state index contributed by atoms with van der Waals surface area (Å²) < 4.78 is 5.34. The summed E-state index contributed by atoms with van der Waals surface area (Å²) in [6, 6.07) is 5.34. The van der Waals surface area contributed by atoms with Crippen LogP contribution in [-0.2, 0) is 5.75 Å². The molecule has 0 saturated heterocycles. The Balaban J connectivity index is 1.67. The zero-order valence-electron chi connectivity index (χ0n) is 12.2. The van der Waals surface area contributed by atoms with Crippen LogP contribution >= 0.6 is 11.8 Å². The van der Waals surface area contributed by atoms with Gasteiger partial charge in [-0.3, -0.25) is 0 Å². The van der Waals surface area contributed by atoms with Crippen molar-refractivity contribution in [1.29, 1.82) is 0 Å². The van der Waals surface area contributed by atoms with E-state index in [4.69, 9.17) is 4.52 Å². The van der Waals surface area contributed by atoms with Crippen molar-refractivity contribution in [2.45, 2.75) is 50.0 Å². The second-order valence-corrected chi connectivity index (χ2v) is 6.83. The quantitative estimate of drug-likeness (QED) is 0.911. The molecule has 1 aliphatic carbocycles. The fraction of sp³-hybridized carbons (Fsp3) is 0.500. The summed E-state index contributed by atoms with van der Waals surface area (Å²) in [5, 5.41) is 14.5. The number of hydrogen-bond acceptors (Lipinski definition) is 5. The van der Waals surface area contributed by atoms with Gasteiger partial charge in [0.2, 0.25) is 0 Å². The van der Waals surface area contributed by atoms with E-state index < -0.39 is 0 Å². The van der Waals surface area contributed by atoms with Gasteiger partial charge in [-0.25, -0.2) is 0 Å². The average molecular weight is 304 g/mol. The molecule has 0 amide bonds. The van der Waals surface area contributed by atoms with Gasteiger partial charge in [0.15, 0.2) is 5.82 Å². The van der Waals surface area contributed by atoms with E-state index in [2.05, 4.69) is 10.1 Å². The molecule has 1 saturated carbocycles. The summed E-state index contributed by atoms with van der Waals surface area (Å²) in [7, 11) is 0. The van der Waals surface area contributed by atoms with Crippen molar-refractivity contribution in [3.8, 4) is 17.2 Å². The van der Waals surface area contributed by atoms with E-state index in [1.165, 1.54) is 32.1 Å². The summed E-state index contributed by atoms with van der Waals surface area (Å²) in [4.78, 5) is 4.46. The van der Waals surface area contributed by atoms with Crippen LogP contribution in [0.5, 0.6) is 5.75 Å². The Morgan fingerprint density at radius 2 is 2.10 bits per heavy atom. The molecule has 0 aliphatic heterocycles. The number of phenols is 1. The Kier molecular flexibility index (Phi) is 4.48. The van der Waals surface area contributed by atoms with Gasteiger partial charge in [-0.2, -0.15) is 16.7 Å². The number of aromatic nitrogens is 2.